The molecule has 98 valence electrons. The Hall–Kier alpha value is -1.22. The molecule has 18 heavy (non-hydrogen) atoms. The Morgan fingerprint density at radius 1 is 1.50 bits per heavy atom. The summed E-state index contributed by atoms with van der Waals surface area (Å²) in [6.07, 6.45) is 3.66. The van der Waals surface area contributed by atoms with Gasteiger partial charge in [-0.2, -0.15) is 0 Å². The van der Waals surface area contributed by atoms with Crippen molar-refractivity contribution in [2.75, 3.05) is 20.1 Å². The Morgan fingerprint density at radius 3 is 3.11 bits per heavy atom. The van der Waals surface area contributed by atoms with Crippen LogP contribution < -0.4 is 4.74 Å². The number of benzene rings is 1. The van der Waals surface area contributed by atoms with E-state index in [4.69, 9.17) is 4.74 Å². The van der Waals surface area contributed by atoms with E-state index in [2.05, 4.69) is 18.9 Å². The van der Waals surface area contributed by atoms with E-state index >= 15 is 0 Å². The van der Waals surface area contributed by atoms with Crippen molar-refractivity contribution in [2.24, 2.45) is 0 Å². The molecule has 0 aliphatic carbocycles. The highest BCUT2D eigenvalue weighted by molar-refractivity contribution is 5.49. The first-order chi connectivity index (χ1) is 8.65. The molecular weight excluding hydrogens is 226 g/mol. The zero-order valence-electron chi connectivity index (χ0n) is 11.1. The maximum absolute atomic E-state index is 9.76. The van der Waals surface area contributed by atoms with Gasteiger partial charge in [-0.3, -0.25) is 0 Å². The van der Waals surface area contributed by atoms with E-state index < -0.39 is 0 Å². The van der Waals surface area contributed by atoms with Gasteiger partial charge in [0, 0.05) is 17.5 Å². The van der Waals surface area contributed by atoms with Crippen LogP contribution in [0.1, 0.15) is 31.7 Å². The first-order valence-electron chi connectivity index (χ1n) is 6.84. The Morgan fingerprint density at radius 2 is 2.33 bits per heavy atom. The lowest BCUT2D eigenvalue weighted by Gasteiger charge is -2.41. The van der Waals surface area contributed by atoms with Gasteiger partial charge >= 0.3 is 0 Å². The molecule has 0 bridgehead atoms. The summed E-state index contributed by atoms with van der Waals surface area (Å²) < 4.78 is 6.14. The summed E-state index contributed by atoms with van der Waals surface area (Å²) in [7, 11) is 2.15. The molecule has 1 saturated heterocycles. The fourth-order valence-electron chi connectivity index (χ4n) is 3.59. The molecule has 3 heteroatoms. The second kappa shape index (κ2) is 4.16. The summed E-state index contributed by atoms with van der Waals surface area (Å²) in [6, 6.07) is 5.55. The number of fused-ring (bicyclic) bond motifs is 3. The van der Waals surface area contributed by atoms with Gasteiger partial charge in [-0.05, 0) is 44.6 Å². The van der Waals surface area contributed by atoms with Crippen LogP contribution in [0.3, 0.4) is 0 Å². The van der Waals surface area contributed by atoms with Crippen LogP contribution in [0, 0.1) is 0 Å². The molecule has 0 spiro atoms. The van der Waals surface area contributed by atoms with E-state index in [1.54, 1.807) is 6.07 Å². The van der Waals surface area contributed by atoms with E-state index in [0.29, 0.717) is 5.75 Å². The standard InChI is InChI=1S/C15H21NO2/c1-3-6-15-7-8-16(2)10-14(15)18-13-5-4-11(17)9-12(13)15/h4-5,9,14,17H,3,6-8,10H2,1-2H3/t14-,15-/m0/s1. The topological polar surface area (TPSA) is 32.7 Å². The third kappa shape index (κ3) is 1.61. The summed E-state index contributed by atoms with van der Waals surface area (Å²) in [5.74, 6) is 1.33. The van der Waals surface area contributed by atoms with Crippen molar-refractivity contribution in [3.05, 3.63) is 23.8 Å². The average molecular weight is 247 g/mol. The minimum atomic E-state index is 0.120. The minimum Gasteiger partial charge on any atom is -0.508 e. The Bertz CT molecular complexity index is 460. The number of phenolic OH excluding ortho intramolecular Hbond substituents is 1. The van der Waals surface area contributed by atoms with Crippen LogP contribution in [0.2, 0.25) is 0 Å². The Kier molecular flexibility index (Phi) is 2.74. The van der Waals surface area contributed by atoms with Gasteiger partial charge in [-0.1, -0.05) is 13.3 Å². The zero-order chi connectivity index (χ0) is 12.8. The van der Waals surface area contributed by atoms with Crippen molar-refractivity contribution >= 4 is 0 Å². The molecule has 1 fully saturated rings. The molecule has 0 saturated carbocycles. The highest BCUT2D eigenvalue weighted by Gasteiger charge is 2.50. The number of likely N-dealkylation sites (N-methyl/N-ethyl adjacent to an activating group) is 1. The van der Waals surface area contributed by atoms with Gasteiger partial charge in [0.1, 0.15) is 17.6 Å². The Labute approximate surface area is 108 Å². The van der Waals surface area contributed by atoms with Crippen molar-refractivity contribution in [1.29, 1.82) is 0 Å². The molecule has 2 aliphatic rings. The van der Waals surface area contributed by atoms with Crippen LogP contribution >= 0.6 is 0 Å². The SMILES string of the molecule is CCC[C@@]12CCN(C)C[C@@H]1Oc1ccc(O)cc12. The van der Waals surface area contributed by atoms with E-state index in [1.807, 2.05) is 12.1 Å². The molecule has 0 unspecified atom stereocenters. The molecule has 0 amide bonds. The number of aromatic hydroxyl groups is 1. The summed E-state index contributed by atoms with van der Waals surface area (Å²) >= 11 is 0. The number of hydrogen-bond donors (Lipinski definition) is 1. The third-order valence-electron chi connectivity index (χ3n) is 4.50. The average Bonchev–Trinajstić information content (AvgIpc) is 2.64. The zero-order valence-corrected chi connectivity index (χ0v) is 11.1. The minimum absolute atomic E-state index is 0.120. The number of likely N-dealkylation sites (tertiary alicyclic amines) is 1. The Balaban J connectivity index is 2.06. The van der Waals surface area contributed by atoms with E-state index in [-0.39, 0.29) is 11.5 Å². The lowest BCUT2D eigenvalue weighted by molar-refractivity contribution is 0.0498. The van der Waals surface area contributed by atoms with Crippen LogP contribution in [-0.2, 0) is 5.41 Å². The van der Waals surface area contributed by atoms with Crippen LogP contribution in [0.5, 0.6) is 11.5 Å². The van der Waals surface area contributed by atoms with Gasteiger partial charge in [-0.15, -0.1) is 0 Å². The quantitative estimate of drug-likeness (QED) is 0.871. The maximum Gasteiger partial charge on any atom is 0.124 e. The van der Waals surface area contributed by atoms with Crippen LogP contribution in [-0.4, -0.2) is 36.2 Å². The van der Waals surface area contributed by atoms with Crippen LogP contribution in [0.25, 0.3) is 0 Å². The summed E-state index contributed by atoms with van der Waals surface area (Å²) in [4.78, 5) is 2.34. The molecule has 0 radical (unpaired) electrons. The first kappa shape index (κ1) is 11.8. The van der Waals surface area contributed by atoms with Gasteiger partial charge in [0.15, 0.2) is 0 Å². The second-order valence-electron chi connectivity index (χ2n) is 5.71. The van der Waals surface area contributed by atoms with Crippen LogP contribution in [0.4, 0.5) is 0 Å². The number of phenols is 1. The van der Waals surface area contributed by atoms with E-state index in [9.17, 15) is 5.11 Å². The molecule has 3 nitrogen and oxygen atoms in total. The molecule has 1 N–H and O–H groups in total. The van der Waals surface area contributed by atoms with Crippen molar-refractivity contribution in [3.63, 3.8) is 0 Å². The lowest BCUT2D eigenvalue weighted by Crippen LogP contribution is -2.51. The normalized spacial score (nSPS) is 30.7. The predicted molar refractivity (Wildman–Crippen MR) is 71.2 cm³/mol. The third-order valence-corrected chi connectivity index (χ3v) is 4.50. The number of ether oxygens (including phenoxy) is 1. The second-order valence-corrected chi connectivity index (χ2v) is 5.71. The monoisotopic (exact) mass is 247 g/mol. The summed E-state index contributed by atoms with van der Waals surface area (Å²) in [5, 5.41) is 9.76. The number of nitrogens with zero attached hydrogens (tertiary/aromatic N) is 1. The van der Waals surface area contributed by atoms with Gasteiger partial charge in [-0.25, -0.2) is 0 Å². The van der Waals surface area contributed by atoms with Crippen molar-refractivity contribution in [1.82, 2.24) is 4.90 Å². The predicted octanol–water partition coefficient (Wildman–Crippen LogP) is 2.53. The van der Waals surface area contributed by atoms with Crippen molar-refractivity contribution < 1.29 is 9.84 Å². The number of piperidine rings is 1. The molecular formula is C15H21NO2. The number of hydrogen-bond acceptors (Lipinski definition) is 3. The number of rotatable bonds is 2. The maximum atomic E-state index is 9.76. The highest BCUT2D eigenvalue weighted by atomic mass is 16.5. The molecule has 2 heterocycles. The molecule has 3 rings (SSSR count). The summed E-state index contributed by atoms with van der Waals surface area (Å²) in [6.45, 7) is 4.31. The van der Waals surface area contributed by atoms with Gasteiger partial charge in [0.2, 0.25) is 0 Å². The van der Waals surface area contributed by atoms with Crippen LogP contribution in [0.15, 0.2) is 18.2 Å². The largest absolute Gasteiger partial charge is 0.508 e. The van der Waals surface area contributed by atoms with Gasteiger partial charge < -0.3 is 14.7 Å². The van der Waals surface area contributed by atoms with E-state index in [1.165, 1.54) is 5.56 Å². The van der Waals surface area contributed by atoms with Gasteiger partial charge in [0.25, 0.3) is 0 Å². The molecule has 2 atom stereocenters. The lowest BCUT2D eigenvalue weighted by atomic mass is 9.69. The van der Waals surface area contributed by atoms with E-state index in [0.717, 1.165) is 38.1 Å². The van der Waals surface area contributed by atoms with Gasteiger partial charge in [0.05, 0.1) is 0 Å². The molecule has 1 aromatic rings. The van der Waals surface area contributed by atoms with Crippen molar-refractivity contribution in [2.45, 2.75) is 37.7 Å². The fourth-order valence-corrected chi connectivity index (χ4v) is 3.59. The molecule has 1 aromatic carbocycles. The molecule has 0 aromatic heterocycles. The summed E-state index contributed by atoms with van der Waals surface area (Å²) in [5.41, 5.74) is 1.34. The highest BCUT2D eigenvalue weighted by Crippen LogP contribution is 2.51. The fraction of sp³-hybridized carbons (Fsp3) is 0.600. The molecule has 2 aliphatic heterocycles. The smallest absolute Gasteiger partial charge is 0.124 e. The first-order valence-corrected chi connectivity index (χ1v) is 6.84. The van der Waals surface area contributed by atoms with Crippen molar-refractivity contribution in [3.8, 4) is 11.5 Å².